The fourth-order valence-corrected chi connectivity index (χ4v) is 5.05. The Labute approximate surface area is 112 Å². The number of fused-ring (bicyclic) bond motifs is 5. The maximum atomic E-state index is 13.7. The fraction of sp³-hybridized carbons (Fsp3) is 0.625. The lowest BCUT2D eigenvalue weighted by Gasteiger charge is -2.32. The molecule has 3 aliphatic rings. The van der Waals surface area contributed by atoms with E-state index in [4.69, 9.17) is 0 Å². The Bertz CT molecular complexity index is 502. The van der Waals surface area contributed by atoms with Crippen LogP contribution in [0.25, 0.3) is 0 Å². The van der Waals surface area contributed by atoms with Crippen molar-refractivity contribution in [3.8, 4) is 0 Å². The summed E-state index contributed by atoms with van der Waals surface area (Å²) in [7, 11) is 0. The minimum Gasteiger partial charge on any atom is -0.380 e. The molecule has 0 amide bonds. The molecule has 0 aliphatic heterocycles. The number of hydrogen-bond acceptors (Lipinski definition) is 1. The molecule has 1 N–H and O–H groups in total. The third-order valence-corrected chi connectivity index (χ3v) is 5.72. The lowest BCUT2D eigenvalue weighted by atomic mass is 9.79. The van der Waals surface area contributed by atoms with Gasteiger partial charge >= 0.3 is 0 Å². The summed E-state index contributed by atoms with van der Waals surface area (Å²) < 4.78 is 27.0. The maximum Gasteiger partial charge on any atom is 0.181 e. The van der Waals surface area contributed by atoms with Gasteiger partial charge in [-0.2, -0.15) is 0 Å². The summed E-state index contributed by atoms with van der Waals surface area (Å²) in [5.41, 5.74) is 0.340. The minimum atomic E-state index is -0.758. The van der Waals surface area contributed by atoms with Crippen LogP contribution in [0.1, 0.15) is 32.1 Å². The van der Waals surface area contributed by atoms with Crippen LogP contribution >= 0.6 is 0 Å². The van der Waals surface area contributed by atoms with Gasteiger partial charge in [-0.05, 0) is 61.5 Å². The van der Waals surface area contributed by atoms with E-state index in [9.17, 15) is 8.78 Å². The highest BCUT2D eigenvalue weighted by molar-refractivity contribution is 5.46. The molecule has 0 aromatic heterocycles. The van der Waals surface area contributed by atoms with Crippen LogP contribution in [0.2, 0.25) is 0 Å². The summed E-state index contributed by atoms with van der Waals surface area (Å²) in [5.74, 6) is 1.79. The first-order valence-electron chi connectivity index (χ1n) is 7.44. The Balaban J connectivity index is 1.54. The van der Waals surface area contributed by atoms with E-state index >= 15 is 0 Å². The molecule has 3 fully saturated rings. The molecular weight excluding hydrogens is 244 g/mol. The molecule has 3 heteroatoms. The molecule has 0 saturated heterocycles. The minimum absolute atomic E-state index is 0.340. The van der Waals surface area contributed by atoms with E-state index in [1.165, 1.54) is 31.7 Å². The van der Waals surface area contributed by atoms with Crippen LogP contribution < -0.4 is 5.32 Å². The zero-order valence-electron chi connectivity index (χ0n) is 10.9. The topological polar surface area (TPSA) is 12.0 Å². The van der Waals surface area contributed by atoms with E-state index < -0.39 is 11.6 Å². The van der Waals surface area contributed by atoms with E-state index in [1.54, 1.807) is 12.1 Å². The zero-order valence-corrected chi connectivity index (χ0v) is 10.9. The molecule has 0 heterocycles. The first-order valence-corrected chi connectivity index (χ1v) is 7.44. The van der Waals surface area contributed by atoms with Gasteiger partial charge in [0.05, 0.1) is 5.69 Å². The lowest BCUT2D eigenvalue weighted by Crippen LogP contribution is -2.34. The third-order valence-electron chi connectivity index (χ3n) is 5.72. The van der Waals surface area contributed by atoms with Crippen molar-refractivity contribution in [3.05, 3.63) is 29.8 Å². The van der Waals surface area contributed by atoms with Gasteiger partial charge in [0.25, 0.3) is 0 Å². The molecule has 0 radical (unpaired) electrons. The summed E-state index contributed by atoms with van der Waals surface area (Å²) in [6.07, 6.45) is 6.54. The number of nitrogens with one attached hydrogen (secondary N) is 1. The first-order chi connectivity index (χ1) is 9.24. The van der Waals surface area contributed by atoms with Crippen LogP contribution in [0.3, 0.4) is 0 Å². The first kappa shape index (κ1) is 11.7. The van der Waals surface area contributed by atoms with Crippen molar-refractivity contribution in [1.82, 2.24) is 0 Å². The van der Waals surface area contributed by atoms with Gasteiger partial charge in [-0.25, -0.2) is 8.78 Å². The number of halogens is 2. The summed E-state index contributed by atoms with van der Waals surface area (Å²) in [4.78, 5) is 0. The predicted octanol–water partition coefficient (Wildman–Crippen LogP) is 4.20. The zero-order chi connectivity index (χ0) is 13.0. The Morgan fingerprint density at radius 2 is 1.84 bits per heavy atom. The number of rotatable bonds is 2. The van der Waals surface area contributed by atoms with Crippen LogP contribution in [0, 0.1) is 35.3 Å². The number of hydrogen-bond donors (Lipinski definition) is 1. The molecule has 1 nitrogen and oxygen atoms in total. The SMILES string of the molecule is Fc1cccc(NC2CC3CC2C2CCCC32)c1F. The molecule has 1 aromatic carbocycles. The van der Waals surface area contributed by atoms with Crippen molar-refractivity contribution < 1.29 is 8.78 Å². The van der Waals surface area contributed by atoms with Crippen LogP contribution in [-0.2, 0) is 0 Å². The van der Waals surface area contributed by atoms with Crippen LogP contribution in [0.15, 0.2) is 18.2 Å². The average Bonchev–Trinajstić information content (AvgIpc) is 3.06. The largest absolute Gasteiger partial charge is 0.380 e. The highest BCUT2D eigenvalue weighted by atomic mass is 19.2. The Morgan fingerprint density at radius 1 is 1.00 bits per heavy atom. The molecule has 4 rings (SSSR count). The Morgan fingerprint density at radius 3 is 2.74 bits per heavy atom. The monoisotopic (exact) mass is 263 g/mol. The van der Waals surface area contributed by atoms with E-state index in [0.717, 1.165) is 24.2 Å². The summed E-state index contributed by atoms with van der Waals surface area (Å²) in [6.45, 7) is 0. The van der Waals surface area contributed by atoms with Gasteiger partial charge < -0.3 is 5.32 Å². The molecule has 5 unspecified atom stereocenters. The van der Waals surface area contributed by atoms with Crippen LogP contribution in [-0.4, -0.2) is 6.04 Å². The average molecular weight is 263 g/mol. The van der Waals surface area contributed by atoms with Gasteiger partial charge in [-0.3, -0.25) is 0 Å². The van der Waals surface area contributed by atoms with Crippen molar-refractivity contribution in [2.45, 2.75) is 38.1 Å². The molecular formula is C16H19F2N. The number of anilines is 1. The predicted molar refractivity (Wildman–Crippen MR) is 70.8 cm³/mol. The van der Waals surface area contributed by atoms with Crippen molar-refractivity contribution >= 4 is 5.69 Å². The summed E-state index contributed by atoms with van der Waals surface area (Å²) >= 11 is 0. The van der Waals surface area contributed by atoms with Crippen LogP contribution in [0.4, 0.5) is 14.5 Å². The van der Waals surface area contributed by atoms with E-state index in [1.807, 2.05) is 0 Å². The lowest BCUT2D eigenvalue weighted by molar-refractivity contribution is 0.243. The second kappa shape index (κ2) is 4.19. The Hall–Kier alpha value is -1.12. The van der Waals surface area contributed by atoms with E-state index in [0.29, 0.717) is 17.6 Å². The van der Waals surface area contributed by atoms with E-state index in [-0.39, 0.29) is 0 Å². The third kappa shape index (κ3) is 1.70. The summed E-state index contributed by atoms with van der Waals surface area (Å²) in [5, 5.41) is 3.28. The molecule has 1 aromatic rings. The highest BCUT2D eigenvalue weighted by Gasteiger charge is 2.53. The second-order valence-corrected chi connectivity index (χ2v) is 6.51. The molecule has 2 bridgehead atoms. The van der Waals surface area contributed by atoms with Gasteiger partial charge in [0, 0.05) is 6.04 Å². The highest BCUT2D eigenvalue weighted by Crippen LogP contribution is 2.59. The second-order valence-electron chi connectivity index (χ2n) is 6.51. The maximum absolute atomic E-state index is 13.7. The smallest absolute Gasteiger partial charge is 0.181 e. The van der Waals surface area contributed by atoms with Gasteiger partial charge in [0.1, 0.15) is 0 Å². The summed E-state index contributed by atoms with van der Waals surface area (Å²) in [6, 6.07) is 4.75. The van der Waals surface area contributed by atoms with Gasteiger partial charge in [-0.1, -0.05) is 12.5 Å². The van der Waals surface area contributed by atoms with E-state index in [2.05, 4.69) is 5.32 Å². The molecule has 5 atom stereocenters. The molecule has 19 heavy (non-hydrogen) atoms. The van der Waals surface area contributed by atoms with Crippen molar-refractivity contribution in [3.63, 3.8) is 0 Å². The Kier molecular flexibility index (Phi) is 2.58. The molecule has 102 valence electrons. The standard InChI is InChI=1S/C16H19F2N/c17-13-5-2-6-14(16(13)18)19-15-8-9-7-12(15)11-4-1-3-10(9)11/h2,5-6,9-12,15,19H,1,3-4,7-8H2. The van der Waals surface area contributed by atoms with Crippen molar-refractivity contribution in [2.75, 3.05) is 5.32 Å². The molecule has 3 aliphatic carbocycles. The normalized spacial score (nSPS) is 39.6. The van der Waals surface area contributed by atoms with Gasteiger partial charge in [0.2, 0.25) is 0 Å². The quantitative estimate of drug-likeness (QED) is 0.843. The van der Waals surface area contributed by atoms with Crippen LogP contribution in [0.5, 0.6) is 0 Å². The molecule has 3 saturated carbocycles. The van der Waals surface area contributed by atoms with Gasteiger partial charge in [0.15, 0.2) is 11.6 Å². The van der Waals surface area contributed by atoms with Crippen molar-refractivity contribution in [2.24, 2.45) is 23.7 Å². The number of benzene rings is 1. The molecule has 0 spiro atoms. The van der Waals surface area contributed by atoms with Crippen molar-refractivity contribution in [1.29, 1.82) is 0 Å². The van der Waals surface area contributed by atoms with Gasteiger partial charge in [-0.15, -0.1) is 0 Å². The fourth-order valence-electron chi connectivity index (χ4n) is 5.05.